The van der Waals surface area contributed by atoms with Crippen molar-refractivity contribution >= 4 is 16.9 Å². The van der Waals surface area contributed by atoms with Crippen molar-refractivity contribution in [1.82, 2.24) is 9.55 Å². The van der Waals surface area contributed by atoms with E-state index in [0.29, 0.717) is 34.8 Å². The second-order valence-electron chi connectivity index (χ2n) is 6.57. The minimum absolute atomic E-state index is 0.237. The summed E-state index contributed by atoms with van der Waals surface area (Å²) in [5, 5.41) is 10.1. The molecule has 1 atom stereocenters. The number of aliphatic hydroxyl groups excluding tert-OH is 1. The van der Waals surface area contributed by atoms with E-state index in [1.54, 1.807) is 31.2 Å². The van der Waals surface area contributed by atoms with Gasteiger partial charge in [0.2, 0.25) is 0 Å². The third-order valence-electron chi connectivity index (χ3n) is 4.51. The normalized spacial score (nSPS) is 12.1. The van der Waals surface area contributed by atoms with E-state index in [9.17, 15) is 9.90 Å². The second kappa shape index (κ2) is 7.66. The van der Waals surface area contributed by atoms with E-state index in [1.165, 1.54) is 4.57 Å². The Morgan fingerprint density at radius 3 is 2.39 bits per heavy atom. The van der Waals surface area contributed by atoms with E-state index in [0.717, 1.165) is 5.56 Å². The van der Waals surface area contributed by atoms with Crippen molar-refractivity contribution in [2.75, 3.05) is 0 Å². The molecule has 28 heavy (non-hydrogen) atoms. The van der Waals surface area contributed by atoms with Crippen molar-refractivity contribution in [3.63, 3.8) is 0 Å². The summed E-state index contributed by atoms with van der Waals surface area (Å²) in [6.45, 7) is 2.07. The molecule has 0 radical (unpaired) electrons. The SMILES string of the molecule is CC(O)c1nc2ccccc2n1C(=O)c1ccc(OCc2ccccc2)cc1. The number of carbonyl (C=O) groups excluding carboxylic acids is 1. The van der Waals surface area contributed by atoms with E-state index in [1.807, 2.05) is 54.6 Å². The zero-order chi connectivity index (χ0) is 19.5. The summed E-state index contributed by atoms with van der Waals surface area (Å²) in [5.41, 5.74) is 2.92. The summed E-state index contributed by atoms with van der Waals surface area (Å²) in [6, 6.07) is 24.3. The van der Waals surface area contributed by atoms with Gasteiger partial charge in [-0.1, -0.05) is 42.5 Å². The number of aliphatic hydroxyl groups is 1. The molecule has 4 rings (SSSR count). The molecule has 5 heteroatoms. The lowest BCUT2D eigenvalue weighted by molar-refractivity contribution is 0.0944. The Morgan fingerprint density at radius 1 is 1.00 bits per heavy atom. The summed E-state index contributed by atoms with van der Waals surface area (Å²) in [4.78, 5) is 17.5. The fraction of sp³-hybridized carbons (Fsp3) is 0.130. The number of carbonyl (C=O) groups is 1. The Balaban J connectivity index is 1.59. The Morgan fingerprint density at radius 2 is 1.68 bits per heavy atom. The summed E-state index contributed by atoms with van der Waals surface area (Å²) in [6.07, 6.45) is -0.857. The van der Waals surface area contributed by atoms with Gasteiger partial charge < -0.3 is 9.84 Å². The van der Waals surface area contributed by atoms with Gasteiger partial charge in [-0.25, -0.2) is 4.98 Å². The van der Waals surface area contributed by atoms with Crippen molar-refractivity contribution in [2.45, 2.75) is 19.6 Å². The van der Waals surface area contributed by atoms with Crippen LogP contribution in [0.1, 0.15) is 34.8 Å². The van der Waals surface area contributed by atoms with Gasteiger partial charge in [-0.3, -0.25) is 9.36 Å². The van der Waals surface area contributed by atoms with Crippen LogP contribution >= 0.6 is 0 Å². The number of para-hydroxylation sites is 2. The predicted octanol–water partition coefficient (Wildman–Crippen LogP) is 4.36. The molecule has 1 N–H and O–H groups in total. The molecule has 0 saturated carbocycles. The van der Waals surface area contributed by atoms with Crippen LogP contribution in [0.3, 0.4) is 0 Å². The van der Waals surface area contributed by atoms with Gasteiger partial charge >= 0.3 is 0 Å². The quantitative estimate of drug-likeness (QED) is 0.565. The maximum atomic E-state index is 13.1. The molecule has 4 aromatic rings. The van der Waals surface area contributed by atoms with Gasteiger partial charge in [-0.15, -0.1) is 0 Å². The minimum atomic E-state index is -0.857. The van der Waals surface area contributed by atoms with Crippen LogP contribution in [0.25, 0.3) is 11.0 Å². The van der Waals surface area contributed by atoms with Crippen LogP contribution in [0.2, 0.25) is 0 Å². The molecule has 0 spiro atoms. The highest BCUT2D eigenvalue weighted by Crippen LogP contribution is 2.23. The highest BCUT2D eigenvalue weighted by molar-refractivity contribution is 6.01. The highest BCUT2D eigenvalue weighted by atomic mass is 16.5. The third-order valence-corrected chi connectivity index (χ3v) is 4.51. The van der Waals surface area contributed by atoms with Crippen molar-refractivity contribution in [3.05, 3.63) is 95.8 Å². The van der Waals surface area contributed by atoms with Crippen LogP contribution in [-0.4, -0.2) is 20.6 Å². The zero-order valence-electron chi connectivity index (χ0n) is 15.4. The molecule has 0 aliphatic rings. The zero-order valence-corrected chi connectivity index (χ0v) is 15.4. The fourth-order valence-electron chi connectivity index (χ4n) is 3.10. The Bertz CT molecular complexity index is 1100. The minimum Gasteiger partial charge on any atom is -0.489 e. The molecule has 1 heterocycles. The molecule has 0 saturated heterocycles. The molecule has 0 bridgehead atoms. The lowest BCUT2D eigenvalue weighted by Gasteiger charge is -2.11. The maximum absolute atomic E-state index is 13.1. The van der Waals surface area contributed by atoms with Crippen LogP contribution in [0.4, 0.5) is 0 Å². The summed E-state index contributed by atoms with van der Waals surface area (Å²) >= 11 is 0. The topological polar surface area (TPSA) is 64.4 Å². The summed E-state index contributed by atoms with van der Waals surface area (Å²) < 4.78 is 7.25. The highest BCUT2D eigenvalue weighted by Gasteiger charge is 2.20. The first kappa shape index (κ1) is 17.9. The first-order valence-electron chi connectivity index (χ1n) is 9.10. The van der Waals surface area contributed by atoms with Crippen molar-refractivity contribution in [3.8, 4) is 5.75 Å². The Labute approximate surface area is 162 Å². The number of hydrogen-bond acceptors (Lipinski definition) is 4. The first-order valence-corrected chi connectivity index (χ1v) is 9.10. The molecule has 3 aromatic carbocycles. The summed E-state index contributed by atoms with van der Waals surface area (Å²) in [5.74, 6) is 0.779. The monoisotopic (exact) mass is 372 g/mol. The molecular weight excluding hydrogens is 352 g/mol. The average Bonchev–Trinajstić information content (AvgIpc) is 3.13. The van der Waals surface area contributed by atoms with E-state index in [-0.39, 0.29) is 5.91 Å². The van der Waals surface area contributed by atoms with Crippen LogP contribution in [0, 0.1) is 0 Å². The van der Waals surface area contributed by atoms with Crippen LogP contribution in [-0.2, 0) is 6.61 Å². The number of fused-ring (bicyclic) bond motifs is 1. The molecule has 140 valence electrons. The summed E-state index contributed by atoms with van der Waals surface area (Å²) in [7, 11) is 0. The Hall–Kier alpha value is -3.44. The van der Waals surface area contributed by atoms with E-state index >= 15 is 0 Å². The standard InChI is InChI=1S/C23H20N2O3/c1-16(26)22-24-20-9-5-6-10-21(20)25(22)23(27)18-11-13-19(14-12-18)28-15-17-7-3-2-4-8-17/h2-14,16,26H,15H2,1H3. The van der Waals surface area contributed by atoms with Crippen molar-refractivity contribution < 1.29 is 14.6 Å². The smallest absolute Gasteiger partial charge is 0.263 e. The average molecular weight is 372 g/mol. The molecular formula is C23H20N2O3. The number of imidazole rings is 1. The molecule has 1 unspecified atom stereocenters. The van der Waals surface area contributed by atoms with Crippen LogP contribution < -0.4 is 4.74 Å². The molecule has 0 aliphatic heterocycles. The fourth-order valence-corrected chi connectivity index (χ4v) is 3.10. The Kier molecular flexibility index (Phi) is 4.91. The van der Waals surface area contributed by atoms with E-state index in [2.05, 4.69) is 4.98 Å². The lowest BCUT2D eigenvalue weighted by atomic mass is 10.2. The third kappa shape index (κ3) is 3.52. The number of rotatable bonds is 5. The second-order valence-corrected chi connectivity index (χ2v) is 6.57. The van der Waals surface area contributed by atoms with Gasteiger partial charge in [0.1, 0.15) is 24.3 Å². The first-order chi connectivity index (χ1) is 13.6. The van der Waals surface area contributed by atoms with Gasteiger partial charge in [0.15, 0.2) is 0 Å². The van der Waals surface area contributed by atoms with Crippen molar-refractivity contribution in [2.24, 2.45) is 0 Å². The number of benzene rings is 3. The number of aromatic nitrogens is 2. The molecule has 0 amide bonds. The lowest BCUT2D eigenvalue weighted by Crippen LogP contribution is -2.16. The van der Waals surface area contributed by atoms with Gasteiger partial charge in [-0.05, 0) is 48.9 Å². The van der Waals surface area contributed by atoms with Crippen LogP contribution in [0.15, 0.2) is 78.9 Å². The largest absolute Gasteiger partial charge is 0.489 e. The van der Waals surface area contributed by atoms with E-state index < -0.39 is 6.10 Å². The number of nitrogens with zero attached hydrogens (tertiary/aromatic N) is 2. The molecule has 0 fully saturated rings. The molecule has 0 aliphatic carbocycles. The van der Waals surface area contributed by atoms with Crippen LogP contribution in [0.5, 0.6) is 5.75 Å². The number of hydrogen-bond donors (Lipinski definition) is 1. The molecule has 1 aromatic heterocycles. The predicted molar refractivity (Wildman–Crippen MR) is 107 cm³/mol. The van der Waals surface area contributed by atoms with Gasteiger partial charge in [-0.2, -0.15) is 0 Å². The maximum Gasteiger partial charge on any atom is 0.263 e. The van der Waals surface area contributed by atoms with Gasteiger partial charge in [0.05, 0.1) is 11.0 Å². The van der Waals surface area contributed by atoms with Crippen molar-refractivity contribution in [1.29, 1.82) is 0 Å². The number of ether oxygens (including phenoxy) is 1. The van der Waals surface area contributed by atoms with Gasteiger partial charge in [0.25, 0.3) is 5.91 Å². The molecule has 5 nitrogen and oxygen atoms in total. The van der Waals surface area contributed by atoms with Gasteiger partial charge in [0, 0.05) is 5.56 Å². The van der Waals surface area contributed by atoms with E-state index in [4.69, 9.17) is 4.74 Å².